The van der Waals surface area contributed by atoms with E-state index in [0.29, 0.717) is 9.69 Å². The van der Waals surface area contributed by atoms with Crippen molar-refractivity contribution >= 4 is 0 Å². The second kappa shape index (κ2) is 3.64. The number of tetrazole rings is 2. The second-order valence-electron chi connectivity index (χ2n) is 1.78. The van der Waals surface area contributed by atoms with Gasteiger partial charge in [-0.15, -0.1) is 10.2 Å². The SMILES string of the molecule is On1nnnc1-c1nnnn1O.[H-].[Na+]. The molecule has 0 aromatic carbocycles. The van der Waals surface area contributed by atoms with Crippen molar-refractivity contribution in [3.63, 3.8) is 0 Å². The zero-order chi connectivity index (χ0) is 8.55. The molecule has 0 saturated carbocycles. The fourth-order valence-electron chi connectivity index (χ4n) is 0.634. The van der Waals surface area contributed by atoms with Gasteiger partial charge in [0.15, 0.2) is 0 Å². The molecule has 2 rings (SSSR count). The maximum absolute atomic E-state index is 8.91. The largest absolute Gasteiger partial charge is 1.00 e. The van der Waals surface area contributed by atoms with Gasteiger partial charge < -0.3 is 11.8 Å². The van der Waals surface area contributed by atoms with Gasteiger partial charge in [-0.2, -0.15) is 0 Å². The van der Waals surface area contributed by atoms with Crippen LogP contribution in [0.2, 0.25) is 0 Å². The van der Waals surface area contributed by atoms with Gasteiger partial charge in [-0.05, 0) is 20.9 Å². The molecule has 0 bridgehead atoms. The van der Waals surface area contributed by atoms with Crippen LogP contribution in [0, 0.1) is 0 Å². The van der Waals surface area contributed by atoms with Crippen LogP contribution >= 0.6 is 0 Å². The molecule has 0 fully saturated rings. The predicted octanol–water partition coefficient (Wildman–Crippen LogP) is -5.08. The summed E-state index contributed by atoms with van der Waals surface area (Å²) < 4.78 is 0. The smallest absolute Gasteiger partial charge is 1.00 e. The molecule has 2 heterocycles. The summed E-state index contributed by atoms with van der Waals surface area (Å²) in [4.78, 5) is 0.691. The summed E-state index contributed by atoms with van der Waals surface area (Å²) in [6.45, 7) is 0. The number of nitrogens with zero attached hydrogens (tertiary/aromatic N) is 8. The summed E-state index contributed by atoms with van der Waals surface area (Å²) in [7, 11) is 0. The molecule has 0 atom stereocenters. The van der Waals surface area contributed by atoms with Crippen LogP contribution in [-0.2, 0) is 0 Å². The Morgan fingerprint density at radius 1 is 0.923 bits per heavy atom. The van der Waals surface area contributed by atoms with E-state index in [-0.39, 0.29) is 42.6 Å². The quantitative estimate of drug-likeness (QED) is 0.341. The molecule has 11 heteroatoms. The summed E-state index contributed by atoms with van der Waals surface area (Å²) >= 11 is 0. The van der Waals surface area contributed by atoms with Gasteiger partial charge in [0.05, 0.1) is 0 Å². The minimum Gasteiger partial charge on any atom is -1.00 e. The molecule has 0 amide bonds. The van der Waals surface area contributed by atoms with E-state index in [0.717, 1.165) is 0 Å². The third-order valence-corrected chi connectivity index (χ3v) is 1.11. The van der Waals surface area contributed by atoms with Crippen LogP contribution in [-0.4, -0.2) is 51.2 Å². The Morgan fingerprint density at radius 3 is 1.54 bits per heavy atom. The summed E-state index contributed by atoms with van der Waals surface area (Å²) in [5.74, 6) is -0.301. The van der Waals surface area contributed by atoms with Gasteiger partial charge in [-0.3, -0.25) is 0 Å². The average Bonchev–Trinajstić information content (AvgIpc) is 2.59. The van der Waals surface area contributed by atoms with Crippen molar-refractivity contribution in [3.8, 4) is 11.6 Å². The average molecular weight is 194 g/mol. The van der Waals surface area contributed by atoms with E-state index >= 15 is 0 Å². The first-order valence-electron chi connectivity index (χ1n) is 2.74. The van der Waals surface area contributed by atoms with Crippen molar-refractivity contribution in [2.45, 2.75) is 0 Å². The summed E-state index contributed by atoms with van der Waals surface area (Å²) in [5, 5.41) is 36.9. The number of hydrogen-bond acceptors (Lipinski definition) is 8. The summed E-state index contributed by atoms with van der Waals surface area (Å²) in [6.07, 6.45) is 0. The van der Waals surface area contributed by atoms with Crippen LogP contribution in [0.25, 0.3) is 11.6 Å². The molecule has 0 radical (unpaired) electrons. The first kappa shape index (κ1) is 9.83. The molecule has 0 aliphatic heterocycles. The first-order chi connectivity index (χ1) is 5.79. The van der Waals surface area contributed by atoms with Crippen LogP contribution in [0.3, 0.4) is 0 Å². The van der Waals surface area contributed by atoms with Crippen molar-refractivity contribution in [2.24, 2.45) is 0 Å². The van der Waals surface area contributed by atoms with Gasteiger partial charge in [-0.25, -0.2) is 0 Å². The fraction of sp³-hybridized carbons (Fsp3) is 0. The van der Waals surface area contributed by atoms with Crippen molar-refractivity contribution in [1.29, 1.82) is 0 Å². The molecule has 0 saturated heterocycles. The number of aromatic nitrogens is 8. The van der Waals surface area contributed by atoms with Crippen LogP contribution in [0.1, 0.15) is 1.43 Å². The Balaban J connectivity index is 0.000000845. The normalized spacial score (nSPS) is 9.54. The molecule has 0 aliphatic rings. The predicted molar refractivity (Wildman–Crippen MR) is 30.1 cm³/mol. The Bertz CT molecular complexity index is 361. The minimum atomic E-state index is -0.150. The molecular formula is C2H3N8NaO2. The molecule has 13 heavy (non-hydrogen) atoms. The van der Waals surface area contributed by atoms with Gasteiger partial charge >= 0.3 is 29.6 Å². The second-order valence-corrected chi connectivity index (χ2v) is 1.78. The van der Waals surface area contributed by atoms with Crippen molar-refractivity contribution < 1.29 is 41.4 Å². The Labute approximate surface area is 93.9 Å². The molecule has 64 valence electrons. The Kier molecular flexibility index (Phi) is 2.75. The van der Waals surface area contributed by atoms with Gasteiger partial charge in [0.25, 0.3) is 11.6 Å². The van der Waals surface area contributed by atoms with Crippen LogP contribution in [0.15, 0.2) is 0 Å². The Morgan fingerprint density at radius 2 is 1.31 bits per heavy atom. The van der Waals surface area contributed by atoms with Gasteiger partial charge in [0, 0.05) is 0 Å². The monoisotopic (exact) mass is 194 g/mol. The third kappa shape index (κ3) is 1.59. The van der Waals surface area contributed by atoms with Crippen LogP contribution in [0.4, 0.5) is 0 Å². The topological polar surface area (TPSA) is 128 Å². The van der Waals surface area contributed by atoms with E-state index in [1.54, 1.807) is 0 Å². The molecular weight excluding hydrogens is 191 g/mol. The molecule has 2 N–H and O–H groups in total. The summed E-state index contributed by atoms with van der Waals surface area (Å²) in [5.41, 5.74) is 0. The maximum Gasteiger partial charge on any atom is 1.00 e. The molecule has 10 nitrogen and oxygen atoms in total. The number of rotatable bonds is 1. The standard InChI is InChI=1S/C2H2N8O2.Na.H/c11-9-1(3-5-7-9)2-4-6-8-10(2)12;;/h11-12H;;/q;+1;-1. The summed E-state index contributed by atoms with van der Waals surface area (Å²) in [6, 6.07) is 0. The maximum atomic E-state index is 8.91. The van der Waals surface area contributed by atoms with Crippen molar-refractivity contribution in [1.82, 2.24) is 40.7 Å². The van der Waals surface area contributed by atoms with E-state index in [4.69, 9.17) is 10.4 Å². The van der Waals surface area contributed by atoms with E-state index in [9.17, 15) is 0 Å². The van der Waals surface area contributed by atoms with Crippen LogP contribution in [0.5, 0.6) is 0 Å². The van der Waals surface area contributed by atoms with E-state index in [2.05, 4.69) is 31.1 Å². The fourth-order valence-corrected chi connectivity index (χ4v) is 0.634. The molecule has 0 aliphatic carbocycles. The molecule has 2 aromatic heterocycles. The molecule has 0 spiro atoms. The van der Waals surface area contributed by atoms with Crippen LogP contribution < -0.4 is 29.6 Å². The van der Waals surface area contributed by atoms with E-state index in [1.165, 1.54) is 0 Å². The third-order valence-electron chi connectivity index (χ3n) is 1.11. The van der Waals surface area contributed by atoms with Crippen molar-refractivity contribution in [3.05, 3.63) is 0 Å². The zero-order valence-electron chi connectivity index (χ0n) is 7.47. The first-order valence-corrected chi connectivity index (χ1v) is 2.74. The van der Waals surface area contributed by atoms with Crippen molar-refractivity contribution in [2.75, 3.05) is 0 Å². The van der Waals surface area contributed by atoms with Gasteiger partial charge in [-0.1, -0.05) is 9.69 Å². The van der Waals surface area contributed by atoms with E-state index < -0.39 is 0 Å². The number of hydrogen-bond donors (Lipinski definition) is 2. The molecule has 2 aromatic rings. The van der Waals surface area contributed by atoms with Gasteiger partial charge in [0.1, 0.15) is 0 Å². The van der Waals surface area contributed by atoms with E-state index in [1.807, 2.05) is 0 Å². The van der Waals surface area contributed by atoms with Gasteiger partial charge in [0.2, 0.25) is 0 Å². The Hall–Kier alpha value is -1.26. The molecule has 0 unspecified atom stereocenters. The minimum absolute atomic E-state index is 0. The zero-order valence-corrected chi connectivity index (χ0v) is 8.47.